The minimum Gasteiger partial charge on any atom is -0.450 e. The molecule has 0 atom stereocenters. The lowest BCUT2D eigenvalue weighted by molar-refractivity contribution is 0.168. The van der Waals surface area contributed by atoms with Gasteiger partial charge in [0, 0.05) is 12.2 Å². The number of amides is 1. The number of hydrogen-bond donors (Lipinski definition) is 1. The van der Waals surface area contributed by atoms with Crippen LogP contribution in [0.5, 0.6) is 0 Å². The van der Waals surface area contributed by atoms with Crippen LogP contribution in [0.25, 0.3) is 0 Å². The molecule has 6 nitrogen and oxygen atoms in total. The van der Waals surface area contributed by atoms with Crippen molar-refractivity contribution in [3.05, 3.63) is 54.1 Å². The molecule has 7 heteroatoms. The van der Waals surface area contributed by atoms with Crippen molar-refractivity contribution in [2.24, 2.45) is 0 Å². The molecule has 1 heterocycles. The molecule has 0 unspecified atom stereocenters. The van der Waals surface area contributed by atoms with Crippen LogP contribution < -0.4 is 9.62 Å². The maximum Gasteiger partial charge on any atom is 0.411 e. The molecule has 1 aliphatic heterocycles. The molecule has 0 fully saturated rings. The fourth-order valence-corrected chi connectivity index (χ4v) is 4.43. The van der Waals surface area contributed by atoms with E-state index in [2.05, 4.69) is 5.32 Å². The first kappa shape index (κ1) is 17.3. The lowest BCUT2D eigenvalue weighted by Gasteiger charge is -2.31. The van der Waals surface area contributed by atoms with E-state index >= 15 is 0 Å². The molecule has 0 saturated heterocycles. The van der Waals surface area contributed by atoms with E-state index in [0.717, 1.165) is 18.4 Å². The first-order chi connectivity index (χ1) is 12.0. The normalized spacial score (nSPS) is 13.9. The molecule has 0 saturated carbocycles. The van der Waals surface area contributed by atoms with Crippen molar-refractivity contribution in [1.82, 2.24) is 0 Å². The summed E-state index contributed by atoms with van der Waals surface area (Å²) >= 11 is 0. The van der Waals surface area contributed by atoms with Gasteiger partial charge in [0.15, 0.2) is 0 Å². The maximum absolute atomic E-state index is 13.0. The zero-order chi connectivity index (χ0) is 17.9. The van der Waals surface area contributed by atoms with Gasteiger partial charge in [0.05, 0.1) is 17.2 Å². The number of sulfonamides is 1. The Balaban J connectivity index is 1.96. The van der Waals surface area contributed by atoms with Crippen molar-refractivity contribution >= 4 is 27.5 Å². The standard InChI is InChI=1S/C18H20N2O4S/c1-2-24-18(21)19-15-11-10-14-7-6-12-20(17(14)13-15)25(22,23)16-8-4-3-5-9-16/h3-5,8-11,13H,2,6-7,12H2,1H3,(H,19,21). The number of ether oxygens (including phenoxy) is 1. The zero-order valence-corrected chi connectivity index (χ0v) is 14.8. The van der Waals surface area contributed by atoms with E-state index in [0.29, 0.717) is 17.9 Å². The zero-order valence-electron chi connectivity index (χ0n) is 13.9. The molecule has 1 aliphatic rings. The van der Waals surface area contributed by atoms with E-state index in [1.807, 2.05) is 6.07 Å². The number of benzene rings is 2. The fourth-order valence-electron chi connectivity index (χ4n) is 2.87. The summed E-state index contributed by atoms with van der Waals surface area (Å²) in [6, 6.07) is 13.7. The number of carbonyl (C=O) groups excluding carboxylic acids is 1. The molecular formula is C18H20N2O4S. The van der Waals surface area contributed by atoms with Gasteiger partial charge in [-0.05, 0) is 49.6 Å². The third-order valence-electron chi connectivity index (χ3n) is 4.01. The van der Waals surface area contributed by atoms with Crippen LogP contribution in [-0.4, -0.2) is 27.7 Å². The van der Waals surface area contributed by atoms with Gasteiger partial charge >= 0.3 is 6.09 Å². The molecule has 0 aliphatic carbocycles. The average Bonchev–Trinajstić information content (AvgIpc) is 2.62. The summed E-state index contributed by atoms with van der Waals surface area (Å²) in [6.45, 7) is 2.40. The van der Waals surface area contributed by atoms with E-state index in [1.54, 1.807) is 49.4 Å². The van der Waals surface area contributed by atoms with Gasteiger partial charge < -0.3 is 4.74 Å². The van der Waals surface area contributed by atoms with Crippen LogP contribution >= 0.6 is 0 Å². The van der Waals surface area contributed by atoms with Crippen LogP contribution in [0, 0.1) is 0 Å². The van der Waals surface area contributed by atoms with Crippen molar-refractivity contribution < 1.29 is 17.9 Å². The van der Waals surface area contributed by atoms with E-state index in [9.17, 15) is 13.2 Å². The van der Waals surface area contributed by atoms with Gasteiger partial charge in [-0.1, -0.05) is 24.3 Å². The molecule has 0 spiro atoms. The van der Waals surface area contributed by atoms with E-state index in [1.165, 1.54) is 4.31 Å². The number of carbonyl (C=O) groups is 1. The predicted molar refractivity (Wildman–Crippen MR) is 96.4 cm³/mol. The van der Waals surface area contributed by atoms with Crippen LogP contribution in [0.1, 0.15) is 18.9 Å². The summed E-state index contributed by atoms with van der Waals surface area (Å²) in [5, 5.41) is 2.62. The number of aryl methyl sites for hydroxylation is 1. The molecule has 25 heavy (non-hydrogen) atoms. The second-order valence-electron chi connectivity index (χ2n) is 5.68. The number of fused-ring (bicyclic) bond motifs is 1. The summed E-state index contributed by atoms with van der Waals surface area (Å²) in [6.07, 6.45) is 0.996. The number of nitrogens with one attached hydrogen (secondary N) is 1. The number of nitrogens with zero attached hydrogens (tertiary/aromatic N) is 1. The Morgan fingerprint density at radius 2 is 1.96 bits per heavy atom. The number of anilines is 2. The summed E-state index contributed by atoms with van der Waals surface area (Å²) in [5.41, 5.74) is 2.05. The van der Waals surface area contributed by atoms with E-state index < -0.39 is 16.1 Å². The predicted octanol–water partition coefficient (Wildman–Crippen LogP) is 3.40. The molecule has 0 radical (unpaired) electrons. The molecular weight excluding hydrogens is 340 g/mol. The highest BCUT2D eigenvalue weighted by molar-refractivity contribution is 7.92. The van der Waals surface area contributed by atoms with Gasteiger partial charge in [0.1, 0.15) is 0 Å². The summed E-state index contributed by atoms with van der Waals surface area (Å²) in [7, 11) is -3.64. The van der Waals surface area contributed by atoms with Crippen molar-refractivity contribution in [2.45, 2.75) is 24.7 Å². The van der Waals surface area contributed by atoms with Crippen molar-refractivity contribution in [1.29, 1.82) is 0 Å². The molecule has 2 aromatic carbocycles. The van der Waals surface area contributed by atoms with Gasteiger partial charge in [-0.2, -0.15) is 0 Å². The summed E-state index contributed by atoms with van der Waals surface area (Å²) in [5.74, 6) is 0. The lowest BCUT2D eigenvalue weighted by Crippen LogP contribution is -2.35. The Bertz CT molecular complexity index is 866. The van der Waals surface area contributed by atoms with Gasteiger partial charge in [0.25, 0.3) is 10.0 Å². The third kappa shape index (κ3) is 3.61. The summed E-state index contributed by atoms with van der Waals surface area (Å²) in [4.78, 5) is 11.9. The Labute approximate surface area is 147 Å². The number of hydrogen-bond acceptors (Lipinski definition) is 4. The largest absolute Gasteiger partial charge is 0.450 e. The minimum atomic E-state index is -3.64. The monoisotopic (exact) mass is 360 g/mol. The molecule has 0 bridgehead atoms. The van der Waals surface area contributed by atoms with Crippen LogP contribution in [0.15, 0.2) is 53.4 Å². The second kappa shape index (κ2) is 7.14. The lowest BCUT2D eigenvalue weighted by atomic mass is 10.0. The quantitative estimate of drug-likeness (QED) is 0.907. The average molecular weight is 360 g/mol. The van der Waals surface area contributed by atoms with E-state index in [-0.39, 0.29) is 11.5 Å². The van der Waals surface area contributed by atoms with Crippen LogP contribution in [0.2, 0.25) is 0 Å². The van der Waals surface area contributed by atoms with E-state index in [4.69, 9.17) is 4.74 Å². The number of rotatable bonds is 4. The Morgan fingerprint density at radius 3 is 2.68 bits per heavy atom. The third-order valence-corrected chi connectivity index (χ3v) is 5.84. The fraction of sp³-hybridized carbons (Fsp3) is 0.278. The maximum atomic E-state index is 13.0. The molecule has 1 amide bonds. The first-order valence-corrected chi connectivity index (χ1v) is 9.61. The topological polar surface area (TPSA) is 75.7 Å². The van der Waals surface area contributed by atoms with Crippen LogP contribution in [0.3, 0.4) is 0 Å². The minimum absolute atomic E-state index is 0.256. The van der Waals surface area contributed by atoms with Gasteiger partial charge in [-0.25, -0.2) is 13.2 Å². The van der Waals surface area contributed by atoms with Crippen LogP contribution in [-0.2, 0) is 21.2 Å². The Morgan fingerprint density at radius 1 is 1.20 bits per heavy atom. The highest BCUT2D eigenvalue weighted by Crippen LogP contribution is 2.34. The molecule has 1 N–H and O–H groups in total. The Kier molecular flexibility index (Phi) is 4.94. The SMILES string of the molecule is CCOC(=O)Nc1ccc2c(c1)N(S(=O)(=O)c1ccccc1)CCC2. The highest BCUT2D eigenvalue weighted by Gasteiger charge is 2.29. The first-order valence-electron chi connectivity index (χ1n) is 8.17. The second-order valence-corrected chi connectivity index (χ2v) is 7.55. The highest BCUT2D eigenvalue weighted by atomic mass is 32.2. The smallest absolute Gasteiger partial charge is 0.411 e. The van der Waals surface area contributed by atoms with Gasteiger partial charge in [-0.3, -0.25) is 9.62 Å². The van der Waals surface area contributed by atoms with Crippen molar-refractivity contribution in [3.8, 4) is 0 Å². The van der Waals surface area contributed by atoms with Crippen molar-refractivity contribution in [3.63, 3.8) is 0 Å². The van der Waals surface area contributed by atoms with Gasteiger partial charge in [-0.15, -0.1) is 0 Å². The molecule has 3 rings (SSSR count). The van der Waals surface area contributed by atoms with Crippen molar-refractivity contribution in [2.75, 3.05) is 22.8 Å². The summed E-state index contributed by atoms with van der Waals surface area (Å²) < 4.78 is 32.3. The van der Waals surface area contributed by atoms with Gasteiger partial charge in [0.2, 0.25) is 0 Å². The molecule has 0 aromatic heterocycles. The molecule has 132 valence electrons. The Hall–Kier alpha value is -2.54. The molecule has 2 aromatic rings. The van der Waals surface area contributed by atoms with Crippen LogP contribution in [0.4, 0.5) is 16.2 Å².